The van der Waals surface area contributed by atoms with Crippen LogP contribution in [0.2, 0.25) is 0 Å². The predicted octanol–water partition coefficient (Wildman–Crippen LogP) is 2.07. The van der Waals surface area contributed by atoms with Gasteiger partial charge in [0.25, 0.3) is 0 Å². The van der Waals surface area contributed by atoms with E-state index in [0.29, 0.717) is 6.54 Å². The van der Waals surface area contributed by atoms with Gasteiger partial charge in [-0.05, 0) is 52.1 Å². The van der Waals surface area contributed by atoms with E-state index in [0.717, 1.165) is 31.4 Å². The highest BCUT2D eigenvalue weighted by Gasteiger charge is 2.43. The zero-order chi connectivity index (χ0) is 18.5. The summed E-state index contributed by atoms with van der Waals surface area (Å²) in [5.74, 6) is -0.192. The third-order valence-corrected chi connectivity index (χ3v) is 7.76. The van der Waals surface area contributed by atoms with Crippen molar-refractivity contribution in [1.29, 1.82) is 0 Å². The summed E-state index contributed by atoms with van der Waals surface area (Å²) in [5.41, 5.74) is 1.15. The lowest BCUT2D eigenvalue weighted by Crippen LogP contribution is -2.49. The van der Waals surface area contributed by atoms with Crippen molar-refractivity contribution in [2.24, 2.45) is 0 Å². The highest BCUT2D eigenvalue weighted by Crippen LogP contribution is 2.28. The molecule has 0 spiro atoms. The summed E-state index contributed by atoms with van der Waals surface area (Å²) in [6, 6.07) is 9.79. The van der Waals surface area contributed by atoms with E-state index in [1.54, 1.807) is 20.8 Å². The van der Waals surface area contributed by atoms with Crippen LogP contribution in [-0.4, -0.2) is 43.5 Å². The van der Waals surface area contributed by atoms with E-state index in [4.69, 9.17) is 0 Å². The highest BCUT2D eigenvalue weighted by molar-refractivity contribution is 7.93. The summed E-state index contributed by atoms with van der Waals surface area (Å²) in [4.78, 5) is 12.4. The molecular weight excluding hydrogens is 336 g/mol. The fourth-order valence-corrected chi connectivity index (χ4v) is 5.14. The number of carbonyl (C=O) groups is 1. The quantitative estimate of drug-likeness (QED) is 0.775. The van der Waals surface area contributed by atoms with Gasteiger partial charge >= 0.3 is 0 Å². The summed E-state index contributed by atoms with van der Waals surface area (Å²) in [6.45, 7) is 6.45. The second-order valence-corrected chi connectivity index (χ2v) is 10.6. The molecular formula is C19H30N2O3S. The number of hydrogen-bond acceptors (Lipinski definition) is 4. The minimum atomic E-state index is -3.42. The maximum Gasteiger partial charge on any atom is 0.221 e. The Balaban J connectivity index is 1.97. The van der Waals surface area contributed by atoms with Gasteiger partial charge in [-0.15, -0.1) is 0 Å². The Labute approximate surface area is 151 Å². The van der Waals surface area contributed by atoms with Crippen molar-refractivity contribution in [3.8, 4) is 0 Å². The Morgan fingerprint density at radius 3 is 2.52 bits per heavy atom. The Bertz CT molecular complexity index is 660. The molecule has 2 N–H and O–H groups in total. The van der Waals surface area contributed by atoms with E-state index < -0.39 is 19.8 Å². The molecule has 1 amide bonds. The monoisotopic (exact) mass is 366 g/mol. The standard InChI is InChI=1S/C19H30N2O3S/c1-19(2,3)25(23,24)17(16-10-7-12-20-16)14-18(22)21-13-11-15-8-5-4-6-9-15/h4-6,8-9,16-17,20H,7,10-14H2,1-3H3,(H,21,22). The molecule has 2 rings (SSSR count). The molecule has 1 aliphatic heterocycles. The largest absolute Gasteiger partial charge is 0.356 e. The molecule has 0 bridgehead atoms. The number of nitrogens with one attached hydrogen (secondary N) is 2. The molecule has 2 atom stereocenters. The first kappa shape index (κ1) is 19.9. The van der Waals surface area contributed by atoms with E-state index in [1.807, 2.05) is 30.3 Å². The van der Waals surface area contributed by atoms with Crippen LogP contribution in [0.4, 0.5) is 0 Å². The molecule has 1 aliphatic rings. The van der Waals surface area contributed by atoms with E-state index in [2.05, 4.69) is 10.6 Å². The first-order valence-corrected chi connectivity index (χ1v) is 10.5. The Morgan fingerprint density at radius 1 is 1.28 bits per heavy atom. The van der Waals surface area contributed by atoms with Crippen molar-refractivity contribution < 1.29 is 13.2 Å². The van der Waals surface area contributed by atoms with Crippen molar-refractivity contribution in [2.45, 2.75) is 62.5 Å². The molecule has 25 heavy (non-hydrogen) atoms. The fraction of sp³-hybridized carbons (Fsp3) is 0.632. The van der Waals surface area contributed by atoms with Crippen LogP contribution in [0.1, 0.15) is 45.6 Å². The minimum absolute atomic E-state index is 0.0199. The zero-order valence-electron chi connectivity index (χ0n) is 15.4. The van der Waals surface area contributed by atoms with E-state index in [1.165, 1.54) is 0 Å². The molecule has 2 unspecified atom stereocenters. The molecule has 6 heteroatoms. The van der Waals surface area contributed by atoms with Crippen LogP contribution in [0.3, 0.4) is 0 Å². The van der Waals surface area contributed by atoms with Crippen LogP contribution >= 0.6 is 0 Å². The maximum absolute atomic E-state index is 13.0. The second kappa shape index (κ2) is 8.32. The third kappa shape index (κ3) is 5.28. The average molecular weight is 367 g/mol. The summed E-state index contributed by atoms with van der Waals surface area (Å²) in [7, 11) is -3.42. The molecule has 0 aliphatic carbocycles. The SMILES string of the molecule is CC(C)(C)S(=O)(=O)C(CC(=O)NCCc1ccccc1)C1CCCN1. The number of rotatable bonds is 7. The lowest BCUT2D eigenvalue weighted by molar-refractivity contribution is -0.121. The van der Waals surface area contributed by atoms with Crippen molar-refractivity contribution in [2.75, 3.05) is 13.1 Å². The molecule has 0 radical (unpaired) electrons. The van der Waals surface area contributed by atoms with Crippen LogP contribution in [-0.2, 0) is 21.1 Å². The van der Waals surface area contributed by atoms with Gasteiger partial charge in [0.05, 0.1) is 10.00 Å². The number of amides is 1. The molecule has 5 nitrogen and oxygen atoms in total. The van der Waals surface area contributed by atoms with Gasteiger partial charge in [-0.2, -0.15) is 0 Å². The second-order valence-electron chi connectivity index (χ2n) is 7.69. The average Bonchev–Trinajstić information content (AvgIpc) is 3.06. The molecule has 1 heterocycles. The fourth-order valence-electron chi connectivity index (χ4n) is 3.20. The van der Waals surface area contributed by atoms with Gasteiger partial charge < -0.3 is 10.6 Å². The lowest BCUT2D eigenvalue weighted by atomic mass is 10.1. The smallest absolute Gasteiger partial charge is 0.221 e. The van der Waals surface area contributed by atoms with Gasteiger partial charge in [-0.3, -0.25) is 4.79 Å². The highest BCUT2D eigenvalue weighted by atomic mass is 32.2. The van der Waals surface area contributed by atoms with Crippen LogP contribution in [0, 0.1) is 0 Å². The van der Waals surface area contributed by atoms with Gasteiger partial charge in [0.15, 0.2) is 9.84 Å². The van der Waals surface area contributed by atoms with Crippen molar-refractivity contribution in [3.05, 3.63) is 35.9 Å². The molecule has 0 saturated carbocycles. The number of sulfone groups is 1. The predicted molar refractivity (Wildman–Crippen MR) is 101 cm³/mol. The van der Waals surface area contributed by atoms with E-state index >= 15 is 0 Å². The molecule has 1 aromatic rings. The summed E-state index contributed by atoms with van der Waals surface area (Å²) >= 11 is 0. The molecule has 140 valence electrons. The van der Waals surface area contributed by atoms with Gasteiger partial charge in [0, 0.05) is 19.0 Å². The Hall–Kier alpha value is -1.40. The molecule has 1 saturated heterocycles. The van der Waals surface area contributed by atoms with Crippen LogP contribution < -0.4 is 10.6 Å². The summed E-state index contributed by atoms with van der Waals surface area (Å²) in [6.07, 6.45) is 2.52. The number of benzene rings is 1. The zero-order valence-corrected chi connectivity index (χ0v) is 16.2. The minimum Gasteiger partial charge on any atom is -0.356 e. The first-order valence-electron chi connectivity index (χ1n) is 8.99. The van der Waals surface area contributed by atoms with Crippen molar-refractivity contribution in [1.82, 2.24) is 10.6 Å². The molecule has 1 fully saturated rings. The normalized spacial score (nSPS) is 19.6. The van der Waals surface area contributed by atoms with Gasteiger partial charge in [-0.25, -0.2) is 8.42 Å². The summed E-state index contributed by atoms with van der Waals surface area (Å²) in [5, 5.41) is 5.47. The lowest BCUT2D eigenvalue weighted by Gasteiger charge is -2.30. The number of hydrogen-bond donors (Lipinski definition) is 2. The molecule has 0 aromatic heterocycles. The maximum atomic E-state index is 13.0. The Morgan fingerprint density at radius 2 is 1.96 bits per heavy atom. The summed E-state index contributed by atoms with van der Waals surface area (Å²) < 4.78 is 25.0. The number of carbonyl (C=O) groups excluding carboxylic acids is 1. The first-order chi connectivity index (χ1) is 11.7. The van der Waals surface area contributed by atoms with Gasteiger partial charge in [-0.1, -0.05) is 30.3 Å². The van der Waals surface area contributed by atoms with E-state index in [-0.39, 0.29) is 18.4 Å². The van der Waals surface area contributed by atoms with Crippen LogP contribution in [0.5, 0.6) is 0 Å². The molecule has 1 aromatic carbocycles. The van der Waals surface area contributed by atoms with Crippen LogP contribution in [0.15, 0.2) is 30.3 Å². The third-order valence-electron chi connectivity index (χ3n) is 4.76. The van der Waals surface area contributed by atoms with Gasteiger partial charge in [0.1, 0.15) is 0 Å². The van der Waals surface area contributed by atoms with Crippen LogP contribution in [0.25, 0.3) is 0 Å². The van der Waals surface area contributed by atoms with Gasteiger partial charge in [0.2, 0.25) is 5.91 Å². The topological polar surface area (TPSA) is 75.3 Å². The van der Waals surface area contributed by atoms with Crippen molar-refractivity contribution in [3.63, 3.8) is 0 Å². The van der Waals surface area contributed by atoms with Crippen molar-refractivity contribution >= 4 is 15.7 Å². The van der Waals surface area contributed by atoms with E-state index in [9.17, 15) is 13.2 Å². The Kier molecular flexibility index (Phi) is 6.63.